The lowest BCUT2D eigenvalue weighted by Gasteiger charge is -2.32. The minimum absolute atomic E-state index is 0.0947. The van der Waals surface area contributed by atoms with Gasteiger partial charge >= 0.3 is 0 Å². The Balaban J connectivity index is 1.21. The molecule has 5 rings (SSSR count). The Morgan fingerprint density at radius 3 is 2.62 bits per heavy atom. The number of nitrogens with one attached hydrogen (secondary N) is 1. The van der Waals surface area contributed by atoms with Gasteiger partial charge in [0, 0.05) is 51.4 Å². The highest BCUT2D eigenvalue weighted by molar-refractivity contribution is 5.73. The number of halogens is 1. The largest absolute Gasteiger partial charge is 0.473 e. The number of piperidine rings is 1. The first-order chi connectivity index (χ1) is 18.0. The Labute approximate surface area is 216 Å². The first kappa shape index (κ1) is 24.7. The zero-order valence-electron chi connectivity index (χ0n) is 20.9. The van der Waals surface area contributed by atoms with Crippen molar-refractivity contribution in [3.05, 3.63) is 77.9 Å². The molecule has 192 valence electrons. The Hall–Kier alpha value is -4.01. The molecule has 0 bridgehead atoms. The fourth-order valence-electron chi connectivity index (χ4n) is 4.69. The quantitative estimate of drug-likeness (QED) is 0.516. The van der Waals surface area contributed by atoms with E-state index in [4.69, 9.17) is 4.74 Å². The lowest BCUT2D eigenvalue weighted by molar-refractivity contribution is -0.129. The highest BCUT2D eigenvalue weighted by Gasteiger charge is 2.23. The van der Waals surface area contributed by atoms with Crippen LogP contribution in [0.5, 0.6) is 5.88 Å². The Kier molecular flexibility index (Phi) is 7.58. The minimum Gasteiger partial charge on any atom is -0.473 e. The second-order valence-corrected chi connectivity index (χ2v) is 9.39. The van der Waals surface area contributed by atoms with Crippen LogP contribution < -0.4 is 15.0 Å². The van der Waals surface area contributed by atoms with E-state index in [1.165, 1.54) is 6.20 Å². The summed E-state index contributed by atoms with van der Waals surface area (Å²) in [6.07, 6.45) is 7.59. The molecule has 1 N–H and O–H groups in total. The number of ether oxygens (including phenoxy) is 1. The molecule has 0 aliphatic carbocycles. The molecule has 0 spiro atoms. The number of nitrogens with zero attached hydrogens (tertiary/aromatic N) is 5. The molecule has 2 aromatic heterocycles. The van der Waals surface area contributed by atoms with E-state index in [-0.39, 0.29) is 11.9 Å². The van der Waals surface area contributed by atoms with Crippen molar-refractivity contribution < 1.29 is 13.9 Å². The van der Waals surface area contributed by atoms with Gasteiger partial charge in [-0.15, -0.1) is 0 Å². The maximum atomic E-state index is 14.8. The van der Waals surface area contributed by atoms with Crippen LogP contribution in [-0.2, 0) is 11.4 Å². The van der Waals surface area contributed by atoms with E-state index in [0.717, 1.165) is 36.0 Å². The van der Waals surface area contributed by atoms with Gasteiger partial charge in [0.15, 0.2) is 11.6 Å². The van der Waals surface area contributed by atoms with Crippen LogP contribution in [0.1, 0.15) is 37.3 Å². The fraction of sp³-hybridized carbons (Fsp3) is 0.357. The molecular weight excluding hydrogens is 471 g/mol. The second kappa shape index (κ2) is 11.4. The first-order valence-corrected chi connectivity index (χ1v) is 12.7. The predicted molar refractivity (Wildman–Crippen MR) is 141 cm³/mol. The second-order valence-electron chi connectivity index (χ2n) is 9.39. The van der Waals surface area contributed by atoms with Gasteiger partial charge in [-0.25, -0.2) is 14.4 Å². The van der Waals surface area contributed by atoms with Crippen molar-refractivity contribution >= 4 is 23.2 Å². The summed E-state index contributed by atoms with van der Waals surface area (Å²) in [6.45, 7) is 4.64. The Morgan fingerprint density at radius 2 is 1.89 bits per heavy atom. The summed E-state index contributed by atoms with van der Waals surface area (Å²) >= 11 is 0. The lowest BCUT2D eigenvalue weighted by Crippen LogP contribution is -2.41. The van der Waals surface area contributed by atoms with Crippen molar-refractivity contribution in [2.75, 3.05) is 36.4 Å². The van der Waals surface area contributed by atoms with E-state index in [1.807, 2.05) is 52.3 Å². The number of carbonyl (C=O) groups excluding carboxylic acids is 1. The van der Waals surface area contributed by atoms with Gasteiger partial charge in [0.05, 0.1) is 6.20 Å². The van der Waals surface area contributed by atoms with Crippen molar-refractivity contribution in [3.63, 3.8) is 0 Å². The summed E-state index contributed by atoms with van der Waals surface area (Å²) in [5.74, 6) is 0.918. The number of aromatic nitrogens is 3. The Morgan fingerprint density at radius 1 is 1.08 bits per heavy atom. The number of hydrogen-bond acceptors (Lipinski definition) is 7. The zero-order valence-corrected chi connectivity index (χ0v) is 20.9. The highest BCUT2D eigenvalue weighted by atomic mass is 19.1. The summed E-state index contributed by atoms with van der Waals surface area (Å²) in [4.78, 5) is 28.5. The zero-order chi connectivity index (χ0) is 25.6. The van der Waals surface area contributed by atoms with Crippen LogP contribution in [0.25, 0.3) is 5.57 Å². The number of carbonyl (C=O) groups is 1. The number of pyridine rings is 1. The van der Waals surface area contributed by atoms with Crippen molar-refractivity contribution in [1.29, 1.82) is 0 Å². The SMILES string of the molecule is CC(=O)N1CCC(Nc2ncc(F)c(N3CCC=C(c4ccc(OCc5ccccc5)nc4)C3)n2)CC1. The molecule has 0 radical (unpaired) electrons. The predicted octanol–water partition coefficient (Wildman–Crippen LogP) is 4.31. The van der Waals surface area contributed by atoms with E-state index in [9.17, 15) is 9.18 Å². The average Bonchev–Trinajstić information content (AvgIpc) is 2.94. The molecule has 1 aromatic carbocycles. The van der Waals surface area contributed by atoms with Crippen molar-refractivity contribution in [3.8, 4) is 5.88 Å². The molecule has 1 amide bonds. The standard InChI is InChI=1S/C28H31FN6O2/c1-20(36)34-14-11-24(12-15-34)32-28-31-17-25(29)27(33-28)35-13-5-8-23(18-35)22-9-10-26(30-16-22)37-19-21-6-3-2-4-7-21/h2-4,6-10,16-17,24H,5,11-15,18-19H2,1H3,(H,31,32,33). The third-order valence-corrected chi connectivity index (χ3v) is 6.79. The smallest absolute Gasteiger partial charge is 0.225 e. The minimum atomic E-state index is -0.444. The van der Waals surface area contributed by atoms with Gasteiger partial charge in [0.1, 0.15) is 6.61 Å². The number of likely N-dealkylation sites (tertiary alicyclic amines) is 1. The van der Waals surface area contributed by atoms with Crippen molar-refractivity contribution in [2.24, 2.45) is 0 Å². The molecule has 0 unspecified atom stereocenters. The molecule has 37 heavy (non-hydrogen) atoms. The summed E-state index contributed by atoms with van der Waals surface area (Å²) in [5, 5.41) is 3.33. The number of hydrogen-bond donors (Lipinski definition) is 1. The molecule has 2 aliphatic heterocycles. The van der Waals surface area contributed by atoms with Gasteiger partial charge in [0.2, 0.25) is 17.7 Å². The average molecular weight is 503 g/mol. The number of anilines is 2. The molecule has 0 atom stereocenters. The van der Waals surface area contributed by atoms with Crippen molar-refractivity contribution in [1.82, 2.24) is 19.9 Å². The lowest BCUT2D eigenvalue weighted by atomic mass is 10.0. The molecule has 3 aromatic rings. The topological polar surface area (TPSA) is 83.5 Å². The molecule has 1 saturated heterocycles. The maximum Gasteiger partial charge on any atom is 0.225 e. The third kappa shape index (κ3) is 6.22. The van der Waals surface area contributed by atoms with Crippen LogP contribution in [0.2, 0.25) is 0 Å². The maximum absolute atomic E-state index is 14.8. The van der Waals surface area contributed by atoms with Crippen LogP contribution in [0.4, 0.5) is 16.2 Å². The molecule has 9 heteroatoms. The Bertz CT molecular complexity index is 1240. The van der Waals surface area contributed by atoms with Gasteiger partial charge in [-0.2, -0.15) is 4.98 Å². The van der Waals surface area contributed by atoms with Crippen LogP contribution in [0.3, 0.4) is 0 Å². The molecule has 8 nitrogen and oxygen atoms in total. The summed E-state index contributed by atoms with van der Waals surface area (Å²) < 4.78 is 20.6. The molecule has 2 aliphatic rings. The van der Waals surface area contributed by atoms with Gasteiger partial charge in [-0.05, 0) is 42.0 Å². The fourth-order valence-corrected chi connectivity index (χ4v) is 4.69. The van der Waals surface area contributed by atoms with Gasteiger partial charge in [-0.3, -0.25) is 4.79 Å². The summed E-state index contributed by atoms with van der Waals surface area (Å²) in [7, 11) is 0. The van der Waals surface area contributed by atoms with E-state index < -0.39 is 5.82 Å². The summed E-state index contributed by atoms with van der Waals surface area (Å²) in [6, 6.07) is 14.0. The van der Waals surface area contributed by atoms with Gasteiger partial charge < -0.3 is 19.9 Å². The van der Waals surface area contributed by atoms with Crippen LogP contribution in [-0.4, -0.2) is 58.0 Å². The monoisotopic (exact) mass is 502 g/mol. The van der Waals surface area contributed by atoms with Crippen LogP contribution >= 0.6 is 0 Å². The molecule has 1 fully saturated rings. The van der Waals surface area contributed by atoms with Gasteiger partial charge in [0.25, 0.3) is 0 Å². The molecule has 4 heterocycles. The van der Waals surface area contributed by atoms with E-state index in [1.54, 1.807) is 13.1 Å². The highest BCUT2D eigenvalue weighted by Crippen LogP contribution is 2.27. The van der Waals surface area contributed by atoms with Gasteiger partial charge in [-0.1, -0.05) is 36.4 Å². The van der Waals surface area contributed by atoms with E-state index in [2.05, 4.69) is 26.3 Å². The third-order valence-electron chi connectivity index (χ3n) is 6.79. The molecule has 0 saturated carbocycles. The number of amides is 1. The number of rotatable bonds is 7. The first-order valence-electron chi connectivity index (χ1n) is 12.7. The normalized spacial score (nSPS) is 16.3. The van der Waals surface area contributed by atoms with E-state index >= 15 is 0 Å². The van der Waals surface area contributed by atoms with E-state index in [0.29, 0.717) is 50.4 Å². The van der Waals surface area contributed by atoms with Crippen LogP contribution in [0, 0.1) is 5.82 Å². The van der Waals surface area contributed by atoms with Crippen LogP contribution in [0.15, 0.2) is 60.9 Å². The number of benzene rings is 1. The van der Waals surface area contributed by atoms with Crippen molar-refractivity contribution in [2.45, 2.75) is 38.8 Å². The summed E-state index contributed by atoms with van der Waals surface area (Å²) in [5.41, 5.74) is 3.13. The molecular formula is C28H31FN6O2.